The number of benzene rings is 1. The molecule has 0 spiro atoms. The van der Waals surface area contributed by atoms with Gasteiger partial charge in [-0.25, -0.2) is 0 Å². The summed E-state index contributed by atoms with van der Waals surface area (Å²) in [4.78, 5) is 24.1. The molecule has 1 aliphatic carbocycles. The van der Waals surface area contributed by atoms with Gasteiger partial charge in [0.05, 0.1) is 32.3 Å². The van der Waals surface area contributed by atoms with Gasteiger partial charge in [-0.1, -0.05) is 24.3 Å². The lowest BCUT2D eigenvalue weighted by Gasteiger charge is -2.31. The number of methoxy groups -OCH3 is 1. The van der Waals surface area contributed by atoms with Crippen LogP contribution in [0.5, 0.6) is 5.75 Å². The fourth-order valence-electron chi connectivity index (χ4n) is 3.00. The molecule has 0 unspecified atom stereocenters. The minimum absolute atomic E-state index is 0.00109. The normalized spacial score (nSPS) is 24.3. The lowest BCUT2D eigenvalue weighted by Crippen LogP contribution is -2.49. The van der Waals surface area contributed by atoms with Crippen LogP contribution in [0.1, 0.15) is 24.8 Å². The number of rotatable bonds is 8. The maximum Gasteiger partial charge on any atom is 0.223 e. The number of aliphatic hydroxyl groups is 1. The van der Waals surface area contributed by atoms with Gasteiger partial charge in [0.1, 0.15) is 11.9 Å². The third-order valence-corrected chi connectivity index (χ3v) is 4.73. The van der Waals surface area contributed by atoms with E-state index in [4.69, 9.17) is 9.47 Å². The van der Waals surface area contributed by atoms with Gasteiger partial charge in [-0.3, -0.25) is 9.59 Å². The van der Waals surface area contributed by atoms with E-state index in [0.29, 0.717) is 6.54 Å². The molecule has 0 bridgehead atoms. The van der Waals surface area contributed by atoms with Crippen LogP contribution >= 0.6 is 0 Å². The van der Waals surface area contributed by atoms with Crippen molar-refractivity contribution in [3.05, 3.63) is 42.0 Å². The Balaban J connectivity index is 1.48. The number of carbonyl (C=O) groups excluding carboxylic acids is 2. The Morgan fingerprint density at radius 1 is 1.30 bits per heavy atom. The Bertz CT molecular complexity index is 701. The lowest BCUT2D eigenvalue weighted by atomic mass is 10.0. The number of ether oxygens (including phenoxy) is 2. The molecule has 2 amide bonds. The molecule has 0 radical (unpaired) electrons. The zero-order valence-electron chi connectivity index (χ0n) is 15.4. The molecule has 7 nitrogen and oxygen atoms in total. The first-order valence-electron chi connectivity index (χ1n) is 9.23. The molecule has 1 saturated carbocycles. The molecule has 1 fully saturated rings. The summed E-state index contributed by atoms with van der Waals surface area (Å²) in [5.41, 5.74) is 0.943. The van der Waals surface area contributed by atoms with Gasteiger partial charge in [0, 0.05) is 12.5 Å². The molecule has 1 aliphatic heterocycles. The molecule has 3 N–H and O–H groups in total. The third kappa shape index (κ3) is 5.55. The summed E-state index contributed by atoms with van der Waals surface area (Å²) in [5.74, 6) is 0.689. The number of amides is 2. The van der Waals surface area contributed by atoms with Crippen LogP contribution in [0.25, 0.3) is 0 Å². The van der Waals surface area contributed by atoms with Gasteiger partial charge in [0.2, 0.25) is 11.8 Å². The third-order valence-electron chi connectivity index (χ3n) is 4.73. The second-order valence-electron chi connectivity index (χ2n) is 6.92. The molecule has 7 heteroatoms. The largest absolute Gasteiger partial charge is 0.497 e. The van der Waals surface area contributed by atoms with Crippen LogP contribution in [0.2, 0.25) is 0 Å². The maximum absolute atomic E-state index is 12.2. The summed E-state index contributed by atoms with van der Waals surface area (Å²) in [6.07, 6.45) is 4.60. The molecular weight excluding hydrogens is 348 g/mol. The van der Waals surface area contributed by atoms with E-state index in [1.54, 1.807) is 13.2 Å². The molecule has 0 saturated heterocycles. The lowest BCUT2D eigenvalue weighted by molar-refractivity contribution is -0.128. The number of carbonyl (C=O) groups is 2. The number of hydrogen-bond acceptors (Lipinski definition) is 5. The van der Waals surface area contributed by atoms with E-state index in [0.717, 1.165) is 24.2 Å². The Kier molecular flexibility index (Phi) is 6.47. The average molecular weight is 374 g/mol. The summed E-state index contributed by atoms with van der Waals surface area (Å²) in [5, 5.41) is 15.3. The Labute approximate surface area is 158 Å². The fraction of sp³-hybridized carbons (Fsp3) is 0.500. The molecule has 1 aromatic carbocycles. The van der Waals surface area contributed by atoms with Crippen LogP contribution in [0, 0.1) is 5.92 Å². The van der Waals surface area contributed by atoms with E-state index in [2.05, 4.69) is 10.6 Å². The molecule has 27 heavy (non-hydrogen) atoms. The Hall–Kier alpha value is -2.38. The summed E-state index contributed by atoms with van der Waals surface area (Å²) in [6.45, 7) is 0.178. The fourth-order valence-corrected chi connectivity index (χ4v) is 3.00. The first kappa shape index (κ1) is 19.4. The molecule has 3 rings (SSSR count). The van der Waals surface area contributed by atoms with E-state index in [1.165, 1.54) is 0 Å². The molecule has 1 aromatic rings. The van der Waals surface area contributed by atoms with E-state index < -0.39 is 12.2 Å². The van der Waals surface area contributed by atoms with Gasteiger partial charge in [-0.2, -0.15) is 0 Å². The van der Waals surface area contributed by atoms with E-state index in [1.807, 2.05) is 30.3 Å². The number of nitrogens with one attached hydrogen (secondary N) is 2. The van der Waals surface area contributed by atoms with Crippen molar-refractivity contribution >= 4 is 11.8 Å². The summed E-state index contributed by atoms with van der Waals surface area (Å²) < 4.78 is 10.9. The SMILES string of the molecule is COc1cccc(CNC(=O)C[C@@H]2C=C[C@@H](NC(=O)C3CC3)[C@@H](CO)O2)c1. The van der Waals surface area contributed by atoms with Gasteiger partial charge in [-0.05, 0) is 30.5 Å². The number of aliphatic hydroxyl groups excluding tert-OH is 1. The standard InChI is InChI=1S/C20H26N2O5/c1-26-15-4-2-3-13(9-15)11-21-19(24)10-16-7-8-17(18(12-23)27-16)22-20(25)14-5-6-14/h2-4,7-9,14,16-18,23H,5-6,10-12H2,1H3,(H,21,24)(H,22,25)/t16-,17+,18+/m0/s1. The highest BCUT2D eigenvalue weighted by atomic mass is 16.5. The second-order valence-corrected chi connectivity index (χ2v) is 6.92. The predicted octanol–water partition coefficient (Wildman–Crippen LogP) is 0.912. The molecule has 146 valence electrons. The van der Waals surface area contributed by atoms with Gasteiger partial charge >= 0.3 is 0 Å². The monoisotopic (exact) mass is 374 g/mol. The van der Waals surface area contributed by atoms with Crippen molar-refractivity contribution in [2.45, 2.75) is 44.1 Å². The molecule has 1 heterocycles. The minimum Gasteiger partial charge on any atom is -0.497 e. The van der Waals surface area contributed by atoms with E-state index in [9.17, 15) is 14.7 Å². The topological polar surface area (TPSA) is 96.9 Å². The van der Waals surface area contributed by atoms with Crippen molar-refractivity contribution in [3.63, 3.8) is 0 Å². The summed E-state index contributed by atoms with van der Waals surface area (Å²) in [6, 6.07) is 7.13. The highest BCUT2D eigenvalue weighted by molar-refractivity contribution is 5.81. The van der Waals surface area contributed by atoms with Crippen molar-refractivity contribution in [3.8, 4) is 5.75 Å². The maximum atomic E-state index is 12.2. The van der Waals surface area contributed by atoms with Gasteiger partial charge in [0.25, 0.3) is 0 Å². The average Bonchev–Trinajstić information content (AvgIpc) is 3.53. The van der Waals surface area contributed by atoms with Crippen LogP contribution in [0.3, 0.4) is 0 Å². The second kappa shape index (κ2) is 9.01. The van der Waals surface area contributed by atoms with Crippen molar-refractivity contribution < 1.29 is 24.2 Å². The Morgan fingerprint density at radius 3 is 2.81 bits per heavy atom. The quantitative estimate of drug-likeness (QED) is 0.588. The molecule has 0 aromatic heterocycles. The van der Waals surface area contributed by atoms with Crippen molar-refractivity contribution in [1.29, 1.82) is 0 Å². The zero-order chi connectivity index (χ0) is 19.2. The van der Waals surface area contributed by atoms with E-state index >= 15 is 0 Å². The summed E-state index contributed by atoms with van der Waals surface area (Å²) in [7, 11) is 1.60. The zero-order valence-corrected chi connectivity index (χ0v) is 15.4. The van der Waals surface area contributed by atoms with Crippen LogP contribution in [-0.4, -0.2) is 48.9 Å². The van der Waals surface area contributed by atoms with Crippen molar-refractivity contribution in [2.75, 3.05) is 13.7 Å². The highest BCUT2D eigenvalue weighted by Gasteiger charge is 2.34. The van der Waals surface area contributed by atoms with Crippen molar-refractivity contribution in [2.24, 2.45) is 5.92 Å². The molecule has 3 atom stereocenters. The predicted molar refractivity (Wildman–Crippen MR) is 99.0 cm³/mol. The van der Waals surface area contributed by atoms with Crippen LogP contribution < -0.4 is 15.4 Å². The smallest absolute Gasteiger partial charge is 0.223 e. The van der Waals surface area contributed by atoms with Gasteiger partial charge in [0.15, 0.2) is 0 Å². The summed E-state index contributed by atoms with van der Waals surface area (Å²) >= 11 is 0. The Morgan fingerprint density at radius 2 is 2.11 bits per heavy atom. The molecule has 2 aliphatic rings. The first-order chi connectivity index (χ1) is 13.1. The van der Waals surface area contributed by atoms with Gasteiger partial charge < -0.3 is 25.2 Å². The number of hydrogen-bond donors (Lipinski definition) is 3. The highest BCUT2D eigenvalue weighted by Crippen LogP contribution is 2.29. The molecular formula is C20H26N2O5. The van der Waals surface area contributed by atoms with Gasteiger partial charge in [-0.15, -0.1) is 0 Å². The van der Waals surface area contributed by atoms with Crippen LogP contribution in [-0.2, 0) is 20.9 Å². The first-order valence-corrected chi connectivity index (χ1v) is 9.23. The van der Waals surface area contributed by atoms with Crippen LogP contribution in [0.4, 0.5) is 0 Å². The minimum atomic E-state index is -0.547. The van der Waals surface area contributed by atoms with Crippen molar-refractivity contribution in [1.82, 2.24) is 10.6 Å². The van der Waals surface area contributed by atoms with E-state index in [-0.39, 0.29) is 36.8 Å². The van der Waals surface area contributed by atoms with Crippen LogP contribution in [0.15, 0.2) is 36.4 Å².